The number of hydroxylamine groups is 1. The second-order valence-electron chi connectivity index (χ2n) is 10.7. The minimum absolute atomic E-state index is 0.0132. The summed E-state index contributed by atoms with van der Waals surface area (Å²) in [4.78, 5) is 34.3. The average Bonchev–Trinajstić information content (AvgIpc) is 3.50. The predicted octanol–water partition coefficient (Wildman–Crippen LogP) is 5.47. The van der Waals surface area contributed by atoms with Crippen molar-refractivity contribution in [3.05, 3.63) is 66.3 Å². The number of nitrogens with one attached hydrogen (secondary N) is 2. The van der Waals surface area contributed by atoms with Gasteiger partial charge >= 0.3 is 12.4 Å². The van der Waals surface area contributed by atoms with Crippen LogP contribution < -0.4 is 25.3 Å². The van der Waals surface area contributed by atoms with E-state index < -0.39 is 48.2 Å². The third-order valence-electron chi connectivity index (χ3n) is 7.32. The van der Waals surface area contributed by atoms with Gasteiger partial charge in [-0.05, 0) is 25.3 Å². The van der Waals surface area contributed by atoms with E-state index in [1.807, 2.05) is 7.05 Å². The van der Waals surface area contributed by atoms with Crippen LogP contribution in [0, 0.1) is 5.82 Å². The van der Waals surface area contributed by atoms with Crippen molar-refractivity contribution in [1.29, 1.82) is 0 Å². The number of carbonyl (C=O) groups is 1. The number of anilines is 5. The van der Waals surface area contributed by atoms with Crippen LogP contribution in [0.2, 0.25) is 0 Å². The maximum Gasteiger partial charge on any atom is 0.422 e. The Kier molecular flexibility index (Phi) is 9.71. The van der Waals surface area contributed by atoms with Crippen molar-refractivity contribution in [1.82, 2.24) is 19.9 Å². The van der Waals surface area contributed by atoms with Gasteiger partial charge in [0.15, 0.2) is 18.2 Å². The number of nitrogens with zero attached hydrogens (tertiary/aromatic N) is 6. The molecule has 4 heterocycles. The molecular formula is C29H29F7N8O3. The number of piperazine rings is 1. The molecule has 1 unspecified atom stereocenters. The lowest BCUT2D eigenvalue weighted by Crippen LogP contribution is -2.45. The van der Waals surface area contributed by atoms with E-state index in [-0.39, 0.29) is 47.4 Å². The van der Waals surface area contributed by atoms with E-state index in [0.29, 0.717) is 32.2 Å². The Morgan fingerprint density at radius 2 is 1.85 bits per heavy atom. The number of aromatic nitrogens is 3. The maximum absolute atomic E-state index is 15.0. The summed E-state index contributed by atoms with van der Waals surface area (Å²) < 4.78 is 100.0. The highest BCUT2D eigenvalue weighted by atomic mass is 19.4. The average molecular weight is 671 g/mol. The van der Waals surface area contributed by atoms with Gasteiger partial charge in [0, 0.05) is 44.2 Å². The number of halogens is 7. The highest BCUT2D eigenvalue weighted by molar-refractivity contribution is 6.01. The fourth-order valence-corrected chi connectivity index (χ4v) is 5.05. The third-order valence-corrected chi connectivity index (χ3v) is 7.32. The Morgan fingerprint density at radius 1 is 1.11 bits per heavy atom. The fourth-order valence-electron chi connectivity index (χ4n) is 5.05. The van der Waals surface area contributed by atoms with Crippen LogP contribution in [0.25, 0.3) is 0 Å². The minimum atomic E-state index is -4.92. The summed E-state index contributed by atoms with van der Waals surface area (Å²) in [5.74, 6) is -2.31. The quantitative estimate of drug-likeness (QED) is 0.225. The molecule has 252 valence electrons. The summed E-state index contributed by atoms with van der Waals surface area (Å²) in [7, 11) is 1.91. The molecule has 1 atom stereocenters. The van der Waals surface area contributed by atoms with Gasteiger partial charge in [0.1, 0.15) is 23.6 Å². The Morgan fingerprint density at radius 3 is 2.53 bits per heavy atom. The van der Waals surface area contributed by atoms with Gasteiger partial charge in [-0.3, -0.25) is 9.63 Å². The van der Waals surface area contributed by atoms with E-state index in [1.54, 1.807) is 4.90 Å². The lowest BCUT2D eigenvalue weighted by atomic mass is 10.0. The van der Waals surface area contributed by atoms with Crippen molar-refractivity contribution in [3.8, 4) is 5.88 Å². The molecule has 18 heteroatoms. The molecule has 11 nitrogen and oxygen atoms in total. The predicted molar refractivity (Wildman–Crippen MR) is 157 cm³/mol. The topological polar surface area (TPSA) is 108 Å². The second-order valence-corrected chi connectivity index (χ2v) is 10.7. The number of likely N-dealkylation sites (N-methyl/N-ethyl adjacent to an activating group) is 1. The van der Waals surface area contributed by atoms with Gasteiger partial charge < -0.3 is 25.2 Å². The van der Waals surface area contributed by atoms with Crippen molar-refractivity contribution in [2.75, 3.05) is 67.0 Å². The first-order valence-electron chi connectivity index (χ1n) is 14.2. The molecule has 1 aromatic carbocycles. The Hall–Kier alpha value is -4.71. The van der Waals surface area contributed by atoms with E-state index >= 15 is 4.39 Å². The van der Waals surface area contributed by atoms with Gasteiger partial charge in [0.25, 0.3) is 0 Å². The molecule has 5 rings (SSSR count). The first-order valence-corrected chi connectivity index (χ1v) is 14.2. The van der Waals surface area contributed by atoms with Crippen LogP contribution in [0.3, 0.4) is 0 Å². The highest BCUT2D eigenvalue weighted by Gasteiger charge is 2.38. The number of pyridine rings is 1. The molecule has 0 saturated carbocycles. The van der Waals surface area contributed by atoms with Gasteiger partial charge in [-0.15, -0.1) is 0 Å². The smallest absolute Gasteiger partial charge is 0.422 e. The first kappa shape index (κ1) is 33.6. The van der Waals surface area contributed by atoms with Gasteiger partial charge in [-0.1, -0.05) is 18.7 Å². The van der Waals surface area contributed by atoms with Crippen molar-refractivity contribution in [2.24, 2.45) is 0 Å². The number of alkyl halides is 6. The third kappa shape index (κ3) is 7.99. The molecule has 2 N–H and O–H groups in total. The van der Waals surface area contributed by atoms with Crippen LogP contribution >= 0.6 is 0 Å². The molecule has 1 amide bonds. The van der Waals surface area contributed by atoms with Gasteiger partial charge in [0.2, 0.25) is 11.8 Å². The largest absolute Gasteiger partial charge is 0.466 e. The molecule has 0 spiro atoms. The Balaban J connectivity index is 1.50. The van der Waals surface area contributed by atoms with E-state index in [2.05, 4.69) is 37.1 Å². The molecule has 2 aliphatic rings. The summed E-state index contributed by atoms with van der Waals surface area (Å²) >= 11 is 0. The first-order chi connectivity index (χ1) is 22.2. The molecule has 3 aromatic rings. The monoisotopic (exact) mass is 670 g/mol. The summed E-state index contributed by atoms with van der Waals surface area (Å²) in [6.07, 6.45) is -7.40. The zero-order chi connectivity index (χ0) is 33.9. The number of rotatable bonds is 9. The standard InChI is InChI=1S/C29H29F7N8O3/c1-3-24(45)40-19-13-20(27(46-15-28(31,32)33)41-26(19)43-10-8-42(2)9-11-43)39-22-14-23(38-16-37-22)44-21(7-12-47-44)17-5-4-6-18(25(17)30)29(34,35)36/h3-6,13-14,16,21H,1,7-12,15H2,2H3,(H,40,45)(H,37,38,39). The number of ether oxygens (including phenoxy) is 1. The lowest BCUT2D eigenvalue weighted by Gasteiger charge is -2.34. The van der Waals surface area contributed by atoms with Crippen molar-refractivity contribution >= 4 is 34.7 Å². The van der Waals surface area contributed by atoms with Crippen LogP contribution in [0.1, 0.15) is 23.6 Å². The van der Waals surface area contributed by atoms with E-state index in [4.69, 9.17) is 9.57 Å². The van der Waals surface area contributed by atoms with Gasteiger partial charge in [-0.2, -0.15) is 31.3 Å². The van der Waals surface area contributed by atoms with Gasteiger partial charge in [0.05, 0.1) is 23.9 Å². The van der Waals surface area contributed by atoms with Crippen LogP contribution in [0.5, 0.6) is 5.88 Å². The summed E-state index contributed by atoms with van der Waals surface area (Å²) in [6, 6.07) is 4.59. The van der Waals surface area contributed by atoms with Crippen LogP contribution in [-0.4, -0.2) is 78.4 Å². The number of benzene rings is 1. The van der Waals surface area contributed by atoms with Crippen LogP contribution in [-0.2, 0) is 15.8 Å². The molecule has 0 radical (unpaired) electrons. The summed E-state index contributed by atoms with van der Waals surface area (Å²) in [6.45, 7) is 3.99. The lowest BCUT2D eigenvalue weighted by molar-refractivity contribution is -0.154. The maximum atomic E-state index is 15.0. The fraction of sp³-hybridized carbons (Fsp3) is 0.379. The van der Waals surface area contributed by atoms with E-state index in [0.717, 1.165) is 23.5 Å². The van der Waals surface area contributed by atoms with Crippen LogP contribution in [0.4, 0.5) is 59.6 Å². The molecule has 0 aliphatic carbocycles. The van der Waals surface area contributed by atoms with Crippen molar-refractivity contribution in [3.63, 3.8) is 0 Å². The number of carbonyl (C=O) groups excluding carboxylic acids is 1. The molecule has 2 aliphatic heterocycles. The SMILES string of the molecule is C=CC(=O)Nc1cc(Nc2cc(N3OCCC3c3cccc(C(F)(F)F)c3F)ncn2)c(OCC(F)(F)F)nc1N1CCN(C)CC1. The molecule has 2 fully saturated rings. The molecule has 2 saturated heterocycles. The normalized spacial score (nSPS) is 17.5. The Labute approximate surface area is 263 Å². The number of hydrogen-bond donors (Lipinski definition) is 2. The summed E-state index contributed by atoms with van der Waals surface area (Å²) in [5, 5.41) is 6.58. The highest BCUT2D eigenvalue weighted by Crippen LogP contribution is 2.41. The van der Waals surface area contributed by atoms with Crippen molar-refractivity contribution in [2.45, 2.75) is 24.8 Å². The van der Waals surface area contributed by atoms with Gasteiger partial charge in [-0.25, -0.2) is 19.4 Å². The van der Waals surface area contributed by atoms with Crippen LogP contribution in [0.15, 0.2) is 49.3 Å². The summed E-state index contributed by atoms with van der Waals surface area (Å²) in [5.41, 5.74) is -1.65. The van der Waals surface area contributed by atoms with E-state index in [9.17, 15) is 31.1 Å². The zero-order valence-electron chi connectivity index (χ0n) is 24.8. The number of hydrogen-bond acceptors (Lipinski definition) is 10. The minimum Gasteiger partial charge on any atom is -0.466 e. The van der Waals surface area contributed by atoms with Crippen molar-refractivity contribution < 1.29 is 45.1 Å². The molecule has 0 bridgehead atoms. The molecule has 2 aromatic heterocycles. The zero-order valence-corrected chi connectivity index (χ0v) is 24.8. The van der Waals surface area contributed by atoms with E-state index in [1.165, 1.54) is 18.2 Å². The molecular weight excluding hydrogens is 641 g/mol. The Bertz CT molecular complexity index is 1610. The number of amides is 1. The second kappa shape index (κ2) is 13.6. The molecule has 47 heavy (non-hydrogen) atoms.